The minimum absolute atomic E-state index is 0.00593. The topological polar surface area (TPSA) is 55.2 Å². The first-order valence-electron chi connectivity index (χ1n) is 5.94. The van der Waals surface area contributed by atoms with Crippen molar-refractivity contribution >= 4 is 28.9 Å². The van der Waals surface area contributed by atoms with Crippen LogP contribution < -0.4 is 5.32 Å². The van der Waals surface area contributed by atoms with Gasteiger partial charge in [-0.15, -0.1) is 0 Å². The molecule has 0 spiro atoms. The van der Waals surface area contributed by atoms with Crippen LogP contribution in [0.4, 0.5) is 5.69 Å². The highest BCUT2D eigenvalue weighted by Crippen LogP contribution is 2.22. The second kappa shape index (κ2) is 6.70. The van der Waals surface area contributed by atoms with Crippen molar-refractivity contribution in [1.82, 2.24) is 5.32 Å². The maximum absolute atomic E-state index is 10.6. The molecule has 0 aliphatic heterocycles. The molecule has 2 aromatic rings. The van der Waals surface area contributed by atoms with E-state index in [9.17, 15) is 10.1 Å². The maximum atomic E-state index is 10.6. The number of nitrogens with zero attached hydrogens (tertiary/aromatic N) is 1. The van der Waals surface area contributed by atoms with Crippen LogP contribution in [0.25, 0.3) is 0 Å². The summed E-state index contributed by atoms with van der Waals surface area (Å²) in [7, 11) is 0. The van der Waals surface area contributed by atoms with E-state index < -0.39 is 4.92 Å². The Kier molecular flexibility index (Phi) is 4.95. The number of rotatable bonds is 5. The van der Waals surface area contributed by atoms with Crippen molar-refractivity contribution < 1.29 is 4.92 Å². The van der Waals surface area contributed by atoms with E-state index >= 15 is 0 Å². The number of non-ortho nitro benzene ring substituents is 1. The second-order valence-corrected chi connectivity index (χ2v) is 5.11. The second-order valence-electron chi connectivity index (χ2n) is 4.27. The van der Waals surface area contributed by atoms with Crippen molar-refractivity contribution in [3.8, 4) is 0 Å². The normalized spacial score (nSPS) is 10.5. The molecular weight excluding hydrogens is 299 g/mol. The van der Waals surface area contributed by atoms with Gasteiger partial charge in [-0.25, -0.2) is 0 Å². The van der Waals surface area contributed by atoms with Crippen molar-refractivity contribution in [2.75, 3.05) is 0 Å². The van der Waals surface area contributed by atoms with Crippen LogP contribution in [0.2, 0.25) is 10.0 Å². The Bertz CT molecular complexity index is 632. The van der Waals surface area contributed by atoms with Crippen LogP contribution in [0, 0.1) is 10.1 Å². The van der Waals surface area contributed by atoms with Crippen LogP contribution in [0.1, 0.15) is 11.1 Å². The van der Waals surface area contributed by atoms with Crippen LogP contribution >= 0.6 is 23.2 Å². The third-order valence-corrected chi connectivity index (χ3v) is 3.37. The Hall–Kier alpha value is -1.62. The van der Waals surface area contributed by atoms with Crippen molar-refractivity contribution in [2.24, 2.45) is 0 Å². The summed E-state index contributed by atoms with van der Waals surface area (Å²) in [4.78, 5) is 10.2. The van der Waals surface area contributed by atoms with Gasteiger partial charge in [0.1, 0.15) is 0 Å². The number of hydrogen-bond acceptors (Lipinski definition) is 3. The molecule has 104 valence electrons. The van der Waals surface area contributed by atoms with E-state index in [1.54, 1.807) is 6.07 Å². The van der Waals surface area contributed by atoms with Gasteiger partial charge in [0, 0.05) is 30.2 Å². The average Bonchev–Trinajstić information content (AvgIpc) is 2.40. The molecule has 0 amide bonds. The molecule has 0 atom stereocenters. The van der Waals surface area contributed by atoms with Gasteiger partial charge in [0.05, 0.1) is 9.95 Å². The summed E-state index contributed by atoms with van der Waals surface area (Å²) in [5, 5.41) is 14.9. The quantitative estimate of drug-likeness (QED) is 0.665. The molecule has 2 aromatic carbocycles. The van der Waals surface area contributed by atoms with Gasteiger partial charge in [0.2, 0.25) is 0 Å². The first kappa shape index (κ1) is 14.8. The summed E-state index contributed by atoms with van der Waals surface area (Å²) >= 11 is 11.9. The Morgan fingerprint density at radius 3 is 2.55 bits per heavy atom. The zero-order chi connectivity index (χ0) is 14.5. The summed E-state index contributed by atoms with van der Waals surface area (Å²) < 4.78 is 0. The highest BCUT2D eigenvalue weighted by Gasteiger charge is 2.08. The highest BCUT2D eigenvalue weighted by molar-refractivity contribution is 6.31. The third kappa shape index (κ3) is 3.93. The Balaban J connectivity index is 1.96. The molecule has 0 saturated heterocycles. The molecule has 20 heavy (non-hydrogen) atoms. The molecule has 4 nitrogen and oxygen atoms in total. The number of nitro groups is 1. The molecule has 0 heterocycles. The number of halogens is 2. The number of nitro benzene ring substituents is 1. The molecule has 0 saturated carbocycles. The standard InChI is InChI=1S/C14H12Cl2N2O2/c15-12-3-1-2-10(6-12)8-17-9-11-4-5-13(18(19)20)7-14(11)16/h1-7,17H,8-9H2. The predicted molar refractivity (Wildman–Crippen MR) is 80.1 cm³/mol. The van der Waals surface area contributed by atoms with Gasteiger partial charge in [0.15, 0.2) is 0 Å². The molecule has 0 radical (unpaired) electrons. The van der Waals surface area contributed by atoms with Gasteiger partial charge < -0.3 is 5.32 Å². The van der Waals surface area contributed by atoms with Gasteiger partial charge in [0.25, 0.3) is 5.69 Å². The fraction of sp³-hybridized carbons (Fsp3) is 0.143. The number of benzene rings is 2. The molecule has 1 N–H and O–H groups in total. The Labute approximate surface area is 126 Å². The lowest BCUT2D eigenvalue weighted by Gasteiger charge is -2.07. The monoisotopic (exact) mass is 310 g/mol. The summed E-state index contributed by atoms with van der Waals surface area (Å²) in [6, 6.07) is 12.0. The number of hydrogen-bond donors (Lipinski definition) is 1. The minimum atomic E-state index is -0.463. The third-order valence-electron chi connectivity index (χ3n) is 2.78. The predicted octanol–water partition coefficient (Wildman–Crippen LogP) is 4.19. The first-order valence-corrected chi connectivity index (χ1v) is 6.70. The van der Waals surface area contributed by atoms with Crippen LogP contribution in [0.5, 0.6) is 0 Å². The summed E-state index contributed by atoms with van der Waals surface area (Å²) in [5.41, 5.74) is 1.88. The molecular formula is C14H12Cl2N2O2. The van der Waals surface area contributed by atoms with E-state index in [4.69, 9.17) is 23.2 Å². The van der Waals surface area contributed by atoms with Crippen molar-refractivity contribution in [3.63, 3.8) is 0 Å². The fourth-order valence-corrected chi connectivity index (χ4v) is 2.24. The van der Waals surface area contributed by atoms with Gasteiger partial charge in [-0.1, -0.05) is 35.3 Å². The zero-order valence-corrected chi connectivity index (χ0v) is 12.0. The van der Waals surface area contributed by atoms with E-state index in [-0.39, 0.29) is 5.69 Å². The Morgan fingerprint density at radius 1 is 1.10 bits per heavy atom. The van der Waals surface area contributed by atoms with Crippen molar-refractivity contribution in [2.45, 2.75) is 13.1 Å². The lowest BCUT2D eigenvalue weighted by molar-refractivity contribution is -0.384. The summed E-state index contributed by atoms with van der Waals surface area (Å²) in [6.07, 6.45) is 0. The largest absolute Gasteiger partial charge is 0.309 e. The van der Waals surface area contributed by atoms with Gasteiger partial charge in [-0.2, -0.15) is 0 Å². The Morgan fingerprint density at radius 2 is 1.90 bits per heavy atom. The van der Waals surface area contributed by atoms with Crippen LogP contribution in [-0.4, -0.2) is 4.92 Å². The van der Waals surface area contributed by atoms with Crippen molar-refractivity contribution in [1.29, 1.82) is 0 Å². The smallest absolute Gasteiger partial charge is 0.270 e. The molecule has 0 fully saturated rings. The van der Waals surface area contributed by atoms with Crippen LogP contribution in [-0.2, 0) is 13.1 Å². The molecule has 0 aliphatic carbocycles. The lowest BCUT2D eigenvalue weighted by atomic mass is 10.2. The summed E-state index contributed by atoms with van der Waals surface area (Å²) in [6.45, 7) is 1.18. The van der Waals surface area contributed by atoms with E-state index in [0.717, 1.165) is 11.1 Å². The minimum Gasteiger partial charge on any atom is -0.309 e. The van der Waals surface area contributed by atoms with Gasteiger partial charge in [-0.3, -0.25) is 10.1 Å². The SMILES string of the molecule is O=[N+]([O-])c1ccc(CNCc2cccc(Cl)c2)c(Cl)c1. The fourth-order valence-electron chi connectivity index (χ4n) is 1.78. The lowest BCUT2D eigenvalue weighted by Crippen LogP contribution is -2.13. The van der Waals surface area contributed by atoms with Crippen LogP contribution in [0.15, 0.2) is 42.5 Å². The van der Waals surface area contributed by atoms with E-state index in [1.807, 2.05) is 24.3 Å². The van der Waals surface area contributed by atoms with E-state index in [1.165, 1.54) is 12.1 Å². The highest BCUT2D eigenvalue weighted by atomic mass is 35.5. The molecule has 0 aromatic heterocycles. The number of nitrogens with one attached hydrogen (secondary N) is 1. The van der Waals surface area contributed by atoms with E-state index in [0.29, 0.717) is 23.1 Å². The molecule has 0 bridgehead atoms. The maximum Gasteiger partial charge on any atom is 0.270 e. The van der Waals surface area contributed by atoms with E-state index in [2.05, 4.69) is 5.32 Å². The average molecular weight is 311 g/mol. The molecule has 0 aliphatic rings. The van der Waals surface area contributed by atoms with Gasteiger partial charge >= 0.3 is 0 Å². The molecule has 0 unspecified atom stereocenters. The first-order chi connectivity index (χ1) is 9.56. The molecule has 2 rings (SSSR count). The van der Waals surface area contributed by atoms with Crippen molar-refractivity contribution in [3.05, 3.63) is 73.8 Å². The summed E-state index contributed by atoms with van der Waals surface area (Å²) in [5.74, 6) is 0. The zero-order valence-electron chi connectivity index (χ0n) is 10.5. The molecule has 6 heteroatoms. The van der Waals surface area contributed by atoms with Gasteiger partial charge in [-0.05, 0) is 29.3 Å². The van der Waals surface area contributed by atoms with Crippen LogP contribution in [0.3, 0.4) is 0 Å².